The van der Waals surface area contributed by atoms with E-state index < -0.39 is 119 Å². The topological polar surface area (TPSA) is 332 Å². The van der Waals surface area contributed by atoms with Gasteiger partial charge >= 0.3 is 24.1 Å². The lowest BCUT2D eigenvalue weighted by molar-refractivity contribution is -0.159. The van der Waals surface area contributed by atoms with Gasteiger partial charge in [0.1, 0.15) is 42.0 Å². The van der Waals surface area contributed by atoms with E-state index in [1.165, 1.54) is 16.9 Å². The molecule has 484 valence electrons. The molecule has 2 saturated heterocycles. The van der Waals surface area contributed by atoms with Gasteiger partial charge in [-0.3, -0.25) is 38.4 Å². The summed E-state index contributed by atoms with van der Waals surface area (Å²) in [6.07, 6.45) is 9.08. The predicted molar refractivity (Wildman–Crippen MR) is 320 cm³/mol. The second-order valence-electron chi connectivity index (χ2n) is 24.3. The summed E-state index contributed by atoms with van der Waals surface area (Å²) in [6.45, 7) is 13.9. The van der Waals surface area contributed by atoms with Crippen LogP contribution in [0.25, 0.3) is 0 Å². The van der Waals surface area contributed by atoms with Gasteiger partial charge in [0.15, 0.2) is 17.6 Å². The Balaban J connectivity index is 0.000000390. The molecule has 2 fully saturated rings. The molecule has 5 rings (SSSR count). The van der Waals surface area contributed by atoms with Crippen molar-refractivity contribution in [3.05, 3.63) is 60.2 Å². The third-order valence-electron chi connectivity index (χ3n) is 14.9. The van der Waals surface area contributed by atoms with E-state index in [0.717, 1.165) is 0 Å². The van der Waals surface area contributed by atoms with Crippen molar-refractivity contribution >= 4 is 65.2 Å². The number of ether oxygens (including phenoxy) is 4. The average molecular weight is 1220 g/mol. The first-order valence-corrected chi connectivity index (χ1v) is 30.7. The molecule has 1 aromatic rings. The van der Waals surface area contributed by atoms with Crippen LogP contribution in [0, 0.1) is 11.8 Å². The molecule has 0 aliphatic carbocycles. The minimum absolute atomic E-state index is 0.124. The van der Waals surface area contributed by atoms with Crippen LogP contribution in [0.4, 0.5) is 9.59 Å². The lowest BCUT2D eigenvalue weighted by Crippen LogP contribution is -2.56. The highest BCUT2D eigenvalue weighted by molar-refractivity contribution is 5.95. The lowest BCUT2D eigenvalue weighted by atomic mass is 9.97. The zero-order chi connectivity index (χ0) is 64.2. The number of methoxy groups -OCH3 is 1. The quantitative estimate of drug-likeness (QED) is 0.0528. The van der Waals surface area contributed by atoms with E-state index in [9.17, 15) is 63.0 Å². The van der Waals surface area contributed by atoms with Crippen molar-refractivity contribution in [2.75, 3.05) is 33.4 Å². The van der Waals surface area contributed by atoms with Gasteiger partial charge in [0, 0.05) is 32.4 Å². The number of nitrogens with zero attached hydrogens (tertiary/aromatic N) is 2. The number of hydrogen-bond donors (Lipinski definition) is 7. The third-order valence-corrected chi connectivity index (χ3v) is 14.9. The lowest BCUT2D eigenvalue weighted by Gasteiger charge is -2.31. The van der Waals surface area contributed by atoms with Crippen molar-refractivity contribution in [1.82, 2.24) is 36.4 Å². The second-order valence-corrected chi connectivity index (χ2v) is 24.3. The van der Waals surface area contributed by atoms with Crippen molar-refractivity contribution in [3.8, 4) is 0 Å². The highest BCUT2D eigenvalue weighted by atomic mass is 16.6. The molecule has 4 aliphatic heterocycles. The van der Waals surface area contributed by atoms with Crippen molar-refractivity contribution < 1.29 is 81.9 Å². The van der Waals surface area contributed by atoms with Gasteiger partial charge in [-0.15, -0.1) is 0 Å². The molecule has 4 aliphatic rings. The molecular formula is C63H95N7O17. The molecule has 0 aromatic heterocycles. The number of alkyl carbamates (subject to hydrolysis) is 2. The number of Topliss-reactive ketones (excluding diaryl/α,β-unsaturated/α-hetero) is 2. The number of nitrogens with one attached hydrogen (secondary N) is 5. The van der Waals surface area contributed by atoms with Crippen LogP contribution in [0.15, 0.2) is 54.6 Å². The van der Waals surface area contributed by atoms with E-state index in [1.54, 1.807) is 51.1 Å². The fourth-order valence-electron chi connectivity index (χ4n) is 10.3. The minimum Gasteiger partial charge on any atom is -0.469 e. The number of aliphatic hydroxyl groups is 2. The summed E-state index contributed by atoms with van der Waals surface area (Å²) in [7, 11) is 1.22. The fourth-order valence-corrected chi connectivity index (χ4v) is 10.3. The first-order chi connectivity index (χ1) is 41.3. The molecule has 0 bridgehead atoms. The number of carbonyl (C=O) groups is 11. The number of benzene rings is 1. The van der Waals surface area contributed by atoms with Crippen molar-refractivity contribution in [2.24, 2.45) is 11.8 Å². The van der Waals surface area contributed by atoms with Crippen LogP contribution in [-0.4, -0.2) is 173 Å². The van der Waals surface area contributed by atoms with Crippen molar-refractivity contribution in [3.63, 3.8) is 0 Å². The van der Waals surface area contributed by atoms with Crippen molar-refractivity contribution in [1.29, 1.82) is 0 Å². The van der Waals surface area contributed by atoms with E-state index in [1.807, 2.05) is 52.0 Å². The van der Waals surface area contributed by atoms with E-state index in [0.29, 0.717) is 102 Å². The molecule has 1 aromatic carbocycles. The predicted octanol–water partition coefficient (Wildman–Crippen LogP) is 5.26. The Hall–Kier alpha value is -7.21. The molecule has 87 heavy (non-hydrogen) atoms. The van der Waals surface area contributed by atoms with Crippen LogP contribution in [0.5, 0.6) is 0 Å². The first-order valence-electron chi connectivity index (χ1n) is 30.7. The fraction of sp³-hybridized carbons (Fsp3) is 0.667. The highest BCUT2D eigenvalue weighted by Gasteiger charge is 2.42. The second kappa shape index (κ2) is 36.8. The molecule has 0 saturated carbocycles. The Morgan fingerprint density at radius 2 is 1.03 bits per heavy atom. The summed E-state index contributed by atoms with van der Waals surface area (Å²) in [4.78, 5) is 145. The molecule has 7 amide bonds. The summed E-state index contributed by atoms with van der Waals surface area (Å²) >= 11 is 0. The Labute approximate surface area is 511 Å². The molecule has 2 unspecified atom stereocenters. The van der Waals surface area contributed by atoms with Gasteiger partial charge < -0.3 is 65.5 Å². The summed E-state index contributed by atoms with van der Waals surface area (Å²) < 4.78 is 20.5. The summed E-state index contributed by atoms with van der Waals surface area (Å²) in [5.74, 6) is -4.42. The van der Waals surface area contributed by atoms with Crippen LogP contribution >= 0.6 is 0 Å². The van der Waals surface area contributed by atoms with Crippen LogP contribution in [0.2, 0.25) is 0 Å². The molecule has 24 nitrogen and oxygen atoms in total. The smallest absolute Gasteiger partial charge is 0.407 e. The number of amides is 7. The Kier molecular flexibility index (Phi) is 30.6. The van der Waals surface area contributed by atoms with E-state index in [-0.39, 0.29) is 63.1 Å². The molecule has 24 heteroatoms. The number of allylic oxidation sites excluding steroid dienone is 4. The van der Waals surface area contributed by atoms with Crippen LogP contribution < -0.4 is 26.6 Å². The van der Waals surface area contributed by atoms with Gasteiger partial charge in [-0.2, -0.15) is 0 Å². The number of rotatable bonds is 19. The molecule has 7 N–H and O–H groups in total. The summed E-state index contributed by atoms with van der Waals surface area (Å²) in [6, 6.07) is 2.37. The van der Waals surface area contributed by atoms with E-state index >= 15 is 0 Å². The van der Waals surface area contributed by atoms with E-state index in [4.69, 9.17) is 14.2 Å². The monoisotopic (exact) mass is 1220 g/mol. The summed E-state index contributed by atoms with van der Waals surface area (Å²) in [5, 5.41) is 35.4. The normalized spacial score (nSPS) is 23.4. The maximum atomic E-state index is 13.6. The zero-order valence-corrected chi connectivity index (χ0v) is 52.0. The van der Waals surface area contributed by atoms with Crippen molar-refractivity contribution in [2.45, 2.75) is 224 Å². The number of aliphatic hydroxyl groups excluding tert-OH is 2. The van der Waals surface area contributed by atoms with Crippen LogP contribution in [0.3, 0.4) is 0 Å². The van der Waals surface area contributed by atoms with E-state index in [2.05, 4.69) is 31.3 Å². The minimum atomic E-state index is -1.60. The first kappa shape index (κ1) is 72.3. The maximum Gasteiger partial charge on any atom is 0.407 e. The Morgan fingerprint density at radius 1 is 0.598 bits per heavy atom. The number of ketones is 2. The Morgan fingerprint density at radius 3 is 1.46 bits per heavy atom. The van der Waals surface area contributed by atoms with Gasteiger partial charge in [0.05, 0.1) is 38.8 Å². The van der Waals surface area contributed by atoms with Gasteiger partial charge in [0.2, 0.25) is 29.5 Å². The maximum absolute atomic E-state index is 13.6. The number of hydrogen-bond acceptors (Lipinski definition) is 17. The molecule has 0 spiro atoms. The number of carbonyl (C=O) groups excluding carboxylic acids is 11. The van der Waals surface area contributed by atoms with Crippen LogP contribution in [-0.2, 0) is 62.1 Å². The zero-order valence-electron chi connectivity index (χ0n) is 52.0. The largest absolute Gasteiger partial charge is 0.469 e. The summed E-state index contributed by atoms with van der Waals surface area (Å²) in [5.41, 5.74) is -0.269. The Bertz CT molecular complexity index is 2530. The molecular weight excluding hydrogens is 1130 g/mol. The average Bonchev–Trinajstić information content (AvgIpc) is 3.17. The molecule has 0 radical (unpaired) electrons. The number of fused-ring (bicyclic) bond motifs is 2. The number of esters is 2. The molecule has 9 atom stereocenters. The van der Waals surface area contributed by atoms with Gasteiger partial charge in [-0.05, 0) is 128 Å². The van der Waals surface area contributed by atoms with Gasteiger partial charge in [-0.25, -0.2) is 14.4 Å². The third kappa shape index (κ3) is 25.2. The van der Waals surface area contributed by atoms with Gasteiger partial charge in [-0.1, -0.05) is 82.3 Å². The standard InChI is InChI=1S/C37H54N4O9.C26H41N3O8/c1-24(2)23-49-36(48)39-27-18-13-8-6-7-12-17-26(38-33(45)28-19-14-22-41(28)34(27)46)32(44)29(42)20-21-30(43)40-31(25-15-10-9-11-16-25)35(47)50-37(3,4)5;1-17(2)16-37-26(35)28-19-11-8-6-4-5-7-10-18(23(32)21(30)13-14-22(31)36-3)27-24(33)20-12-9-15-29(20)25(19)34/h6,8-11,15-16,24,26-28,31-32,44H,7,12-14,17-23H2,1-5H3,(H,38,45)(H,39,48)(H,40,43);4,6,17-20,23,32H,5,7-16H2,1-3H3,(H,27,33)(H,28,35)/b8-6-;6-4-/t26-,27-,28-,31-,32?;18-,19-,20-,23?/m00/s1. The highest BCUT2D eigenvalue weighted by Crippen LogP contribution is 2.25. The van der Waals surface area contributed by atoms with Crippen LogP contribution in [0.1, 0.15) is 176 Å². The molecule has 4 heterocycles. The van der Waals surface area contributed by atoms with Gasteiger partial charge in [0.25, 0.3) is 0 Å². The SMILES string of the molecule is CC(C)COC(=O)N[C@H]1CC/C=C\CCC[C@@H](C(O)C(=O)CCC(=O)N[C@H](C(=O)OC(C)(C)C)c2ccccc2)NC(=O)[C@@H]2CCCN2C1=O.COC(=O)CCC(=O)C(O)[C@@H]1CCC/C=C\CC[C@H](NC(=O)OCC(C)C)C(=O)N2CCC[C@H]2C(=O)N1.